The molecular formula is C4HF9NOP. The molecule has 2 nitrogen and oxygen atoms in total. The van der Waals surface area contributed by atoms with Gasteiger partial charge in [0, 0.05) is 0 Å². The van der Waals surface area contributed by atoms with Gasteiger partial charge in [-0.3, -0.25) is 4.57 Å². The lowest BCUT2D eigenvalue weighted by atomic mass is 10.1. The van der Waals surface area contributed by atoms with Gasteiger partial charge in [-0.15, -0.1) is 0 Å². The fraction of sp³-hybridized carbons (Fsp3) is 1.00. The molecule has 0 atom stereocenters. The van der Waals surface area contributed by atoms with E-state index in [2.05, 4.69) is 0 Å². The Morgan fingerprint density at radius 1 is 0.750 bits per heavy atom. The van der Waals surface area contributed by atoms with Gasteiger partial charge < -0.3 is 0 Å². The van der Waals surface area contributed by atoms with Gasteiger partial charge in [0.2, 0.25) is 0 Å². The molecule has 0 aliphatic rings. The average Bonchev–Trinajstić information content (AvgIpc) is 2.01. The van der Waals surface area contributed by atoms with E-state index in [0.717, 1.165) is 0 Å². The molecule has 0 aromatic carbocycles. The first-order chi connectivity index (χ1) is 6.81. The van der Waals surface area contributed by atoms with Crippen LogP contribution in [-0.2, 0) is 4.57 Å². The van der Waals surface area contributed by atoms with E-state index in [1.54, 1.807) is 0 Å². The Labute approximate surface area is 83.0 Å². The molecule has 0 aliphatic heterocycles. The highest BCUT2D eigenvalue weighted by Gasteiger charge is 2.82. The number of alkyl halides is 9. The number of hydrogen-bond acceptors (Lipinski definition) is 1. The summed E-state index contributed by atoms with van der Waals surface area (Å²) in [5.74, 6) is -13.8. The van der Waals surface area contributed by atoms with E-state index in [1.807, 2.05) is 0 Å². The molecule has 0 aliphatic carbocycles. The van der Waals surface area contributed by atoms with Gasteiger partial charge in [-0.2, -0.15) is 44.6 Å². The topological polar surface area (TPSA) is 29.1 Å². The van der Waals surface area contributed by atoms with Crippen LogP contribution in [0.2, 0.25) is 0 Å². The highest BCUT2D eigenvalue weighted by Crippen LogP contribution is 2.52. The van der Waals surface area contributed by atoms with Crippen LogP contribution in [0.5, 0.6) is 0 Å². The smallest absolute Gasteiger partial charge is 0.256 e. The summed E-state index contributed by atoms with van der Waals surface area (Å²) in [7, 11) is -1.93. The van der Waals surface area contributed by atoms with Crippen LogP contribution in [0.25, 0.3) is 0 Å². The number of rotatable bonds is 4. The minimum Gasteiger partial charge on any atom is -0.256 e. The monoisotopic (exact) mass is 281 g/mol. The van der Waals surface area contributed by atoms with Gasteiger partial charge in [0.05, 0.1) is 0 Å². The van der Waals surface area contributed by atoms with Crippen molar-refractivity contribution < 1.29 is 44.1 Å². The van der Waals surface area contributed by atoms with E-state index in [9.17, 15) is 44.1 Å². The molecule has 0 bridgehead atoms. The number of hydrogen-bond donors (Lipinski definition) is 1. The number of nitrogens with one attached hydrogen (secondary N) is 1. The molecule has 0 spiro atoms. The molecule has 0 radical (unpaired) electrons. The summed E-state index contributed by atoms with van der Waals surface area (Å²) in [5, 5.41) is -0.00632. The fourth-order valence-corrected chi connectivity index (χ4v) is 0.758. The van der Waals surface area contributed by atoms with Crippen LogP contribution in [-0.4, -0.2) is 24.1 Å². The van der Waals surface area contributed by atoms with E-state index in [0.29, 0.717) is 0 Å². The van der Waals surface area contributed by atoms with E-state index < -0.39 is 32.7 Å². The van der Waals surface area contributed by atoms with Crippen molar-refractivity contribution in [2.24, 2.45) is 0 Å². The first kappa shape index (κ1) is 15.4. The molecule has 96 valence electrons. The summed E-state index contributed by atoms with van der Waals surface area (Å²) in [4.78, 5) is 0. The van der Waals surface area contributed by atoms with Gasteiger partial charge in [0.15, 0.2) is 0 Å². The van der Waals surface area contributed by atoms with Gasteiger partial charge in [0.1, 0.15) is 0 Å². The second-order valence-corrected chi connectivity index (χ2v) is 2.83. The Bertz CT molecular complexity index is 273. The lowest BCUT2D eigenvalue weighted by Gasteiger charge is -2.32. The SMILES string of the molecule is O=PNC(F)(F)C(F)(F)C(F)(F)C(F)(F)F. The zero-order chi connectivity index (χ0) is 13.4. The van der Waals surface area contributed by atoms with Crippen LogP contribution in [0.3, 0.4) is 0 Å². The second-order valence-electron chi connectivity index (χ2n) is 2.42. The predicted molar refractivity (Wildman–Crippen MR) is 31.6 cm³/mol. The maximum atomic E-state index is 12.2. The van der Waals surface area contributed by atoms with Crippen LogP contribution in [0.15, 0.2) is 0 Å². The van der Waals surface area contributed by atoms with E-state index >= 15 is 0 Å². The zero-order valence-corrected chi connectivity index (χ0v) is 7.65. The molecule has 0 amide bonds. The molecule has 0 aromatic heterocycles. The molecule has 0 rings (SSSR count). The Morgan fingerprint density at radius 2 is 1.12 bits per heavy atom. The molecular weight excluding hydrogens is 280 g/mol. The maximum Gasteiger partial charge on any atom is 0.460 e. The summed E-state index contributed by atoms with van der Waals surface area (Å²) in [6.45, 7) is 0. The molecule has 0 heterocycles. The minimum absolute atomic E-state index is 0.00632. The van der Waals surface area contributed by atoms with Crippen LogP contribution >= 0.6 is 8.61 Å². The van der Waals surface area contributed by atoms with Crippen molar-refractivity contribution >= 4 is 8.61 Å². The van der Waals surface area contributed by atoms with Crippen molar-refractivity contribution in [3.63, 3.8) is 0 Å². The van der Waals surface area contributed by atoms with Crippen molar-refractivity contribution in [1.29, 1.82) is 0 Å². The first-order valence-electron chi connectivity index (χ1n) is 3.11. The Kier molecular flexibility index (Phi) is 3.88. The van der Waals surface area contributed by atoms with Gasteiger partial charge in [-0.05, 0) is 0 Å². The largest absolute Gasteiger partial charge is 0.460 e. The average molecular weight is 281 g/mol. The Morgan fingerprint density at radius 3 is 1.38 bits per heavy atom. The van der Waals surface area contributed by atoms with Crippen LogP contribution in [0, 0.1) is 0 Å². The molecule has 0 saturated carbocycles. The zero-order valence-electron chi connectivity index (χ0n) is 6.76. The summed E-state index contributed by atoms with van der Waals surface area (Å²) in [5.41, 5.74) is 0. The van der Waals surface area contributed by atoms with E-state index in [1.165, 1.54) is 0 Å². The fourth-order valence-electron chi connectivity index (χ4n) is 0.503. The molecule has 16 heavy (non-hydrogen) atoms. The van der Waals surface area contributed by atoms with Crippen molar-refractivity contribution in [3.05, 3.63) is 0 Å². The molecule has 1 N–H and O–H groups in total. The quantitative estimate of drug-likeness (QED) is 0.487. The summed E-state index contributed by atoms with van der Waals surface area (Å²) < 4.78 is 117. The Balaban J connectivity index is 5.42. The third-order valence-corrected chi connectivity index (χ3v) is 1.70. The molecule has 0 aromatic rings. The van der Waals surface area contributed by atoms with Gasteiger partial charge in [0.25, 0.3) is 8.61 Å². The summed E-state index contributed by atoms with van der Waals surface area (Å²) >= 11 is 0. The van der Waals surface area contributed by atoms with Crippen molar-refractivity contribution in [2.45, 2.75) is 24.1 Å². The predicted octanol–water partition coefficient (Wildman–Crippen LogP) is 3.21. The lowest BCUT2D eigenvalue weighted by molar-refractivity contribution is -0.397. The molecule has 0 fully saturated rings. The molecule has 0 saturated heterocycles. The third-order valence-electron chi connectivity index (χ3n) is 1.33. The van der Waals surface area contributed by atoms with Gasteiger partial charge in [-0.25, -0.2) is 0 Å². The first-order valence-corrected chi connectivity index (χ1v) is 3.92. The van der Waals surface area contributed by atoms with Crippen molar-refractivity contribution in [2.75, 3.05) is 0 Å². The molecule has 0 unspecified atom stereocenters. The van der Waals surface area contributed by atoms with Crippen LogP contribution in [0.1, 0.15) is 0 Å². The summed E-state index contributed by atoms with van der Waals surface area (Å²) in [6.07, 6.45) is -6.87. The van der Waals surface area contributed by atoms with Crippen molar-refractivity contribution in [3.8, 4) is 0 Å². The van der Waals surface area contributed by atoms with Crippen molar-refractivity contribution in [1.82, 2.24) is 5.09 Å². The second kappa shape index (κ2) is 4.02. The summed E-state index contributed by atoms with van der Waals surface area (Å²) in [6, 6.07) is -5.99. The minimum atomic E-state index is -6.97. The normalized spacial score (nSPS) is 15.6. The lowest BCUT2D eigenvalue weighted by Crippen LogP contribution is -2.64. The van der Waals surface area contributed by atoms with E-state index in [4.69, 9.17) is 0 Å². The highest BCUT2D eigenvalue weighted by molar-refractivity contribution is 7.21. The standard InChI is InChI=1S/C4HF9NOP/c5-1(6,3(9,10)11)2(7,8)4(12,13)14-16-15/h(H,14,15). The van der Waals surface area contributed by atoms with Gasteiger partial charge in [-0.1, -0.05) is 0 Å². The third kappa shape index (κ3) is 2.24. The number of halogens is 9. The molecule has 12 heteroatoms. The maximum absolute atomic E-state index is 12.2. The Hall–Kier alpha value is -0.570. The highest BCUT2D eigenvalue weighted by atomic mass is 31.1. The van der Waals surface area contributed by atoms with Crippen LogP contribution < -0.4 is 5.09 Å². The van der Waals surface area contributed by atoms with E-state index in [-0.39, 0.29) is 5.09 Å². The van der Waals surface area contributed by atoms with Gasteiger partial charge >= 0.3 is 24.1 Å². The van der Waals surface area contributed by atoms with Crippen LogP contribution in [0.4, 0.5) is 39.5 Å².